The summed E-state index contributed by atoms with van der Waals surface area (Å²) in [6.45, 7) is 0. The molecule has 0 saturated heterocycles. The lowest BCUT2D eigenvalue weighted by Gasteiger charge is -2.10. The Morgan fingerprint density at radius 1 is 0.905 bits per heavy atom. The highest BCUT2D eigenvalue weighted by Gasteiger charge is 2.19. The minimum Gasteiger partial charge on any atom is -0.478 e. The van der Waals surface area contributed by atoms with Gasteiger partial charge in [-0.2, -0.15) is 0 Å². The first-order chi connectivity index (χ1) is 10.2. The van der Waals surface area contributed by atoms with Gasteiger partial charge >= 0.3 is 5.97 Å². The van der Waals surface area contributed by atoms with Crippen molar-refractivity contribution in [2.75, 3.05) is 0 Å². The first-order valence-electron chi connectivity index (χ1n) is 6.29. The molecule has 0 radical (unpaired) electrons. The number of rotatable bonds is 3. The Balaban J connectivity index is 2.61. The Morgan fingerprint density at radius 3 is 2.33 bits per heavy atom. The lowest BCUT2D eigenvalue weighted by Crippen LogP contribution is -2.06. The van der Waals surface area contributed by atoms with Gasteiger partial charge in [0.05, 0.1) is 5.56 Å². The predicted molar refractivity (Wildman–Crippen MR) is 79.2 cm³/mol. The molecule has 4 heteroatoms. The lowest BCUT2D eigenvalue weighted by atomic mass is 9.92. The van der Waals surface area contributed by atoms with E-state index in [0.717, 1.165) is 10.8 Å². The summed E-state index contributed by atoms with van der Waals surface area (Å²) in [4.78, 5) is 33.9. The van der Waals surface area contributed by atoms with Gasteiger partial charge in [0, 0.05) is 11.1 Å². The van der Waals surface area contributed by atoms with Crippen molar-refractivity contribution in [2.24, 2.45) is 0 Å². The van der Waals surface area contributed by atoms with Crippen molar-refractivity contribution < 1.29 is 19.5 Å². The summed E-state index contributed by atoms with van der Waals surface area (Å²) in [5.41, 5.74) is -0.123. The third kappa shape index (κ3) is 1.89. The summed E-state index contributed by atoms with van der Waals surface area (Å²) >= 11 is 0. The number of carboxylic acid groups (broad SMARTS) is 1. The van der Waals surface area contributed by atoms with Gasteiger partial charge in [0.2, 0.25) is 0 Å². The molecule has 4 nitrogen and oxygen atoms in total. The van der Waals surface area contributed by atoms with E-state index in [1.54, 1.807) is 18.2 Å². The van der Waals surface area contributed by atoms with Crippen LogP contribution < -0.4 is 0 Å². The van der Waals surface area contributed by atoms with Crippen LogP contribution in [0.5, 0.6) is 0 Å². The van der Waals surface area contributed by atoms with Crippen molar-refractivity contribution in [3.8, 4) is 0 Å². The van der Waals surface area contributed by atoms with E-state index in [2.05, 4.69) is 0 Å². The van der Waals surface area contributed by atoms with Crippen molar-refractivity contribution >= 4 is 40.1 Å². The number of hydrogen-bond donors (Lipinski definition) is 1. The summed E-state index contributed by atoms with van der Waals surface area (Å²) < 4.78 is 0. The van der Waals surface area contributed by atoms with E-state index in [9.17, 15) is 19.5 Å². The number of fused-ring (bicyclic) bond motifs is 3. The Kier molecular flexibility index (Phi) is 2.99. The highest BCUT2D eigenvalue weighted by Crippen LogP contribution is 2.31. The van der Waals surface area contributed by atoms with Crippen LogP contribution in [0.25, 0.3) is 21.5 Å². The fourth-order valence-corrected chi connectivity index (χ4v) is 2.65. The molecule has 0 aromatic heterocycles. The second-order valence-corrected chi connectivity index (χ2v) is 4.68. The Labute approximate surface area is 119 Å². The van der Waals surface area contributed by atoms with Gasteiger partial charge in [-0.05, 0) is 27.6 Å². The Morgan fingerprint density at radius 2 is 1.67 bits per heavy atom. The molecule has 3 rings (SSSR count). The minimum absolute atomic E-state index is 0.0831. The van der Waals surface area contributed by atoms with Crippen LogP contribution in [0.4, 0.5) is 0 Å². The zero-order valence-corrected chi connectivity index (χ0v) is 10.9. The Bertz CT molecular complexity index is 909. The summed E-state index contributed by atoms with van der Waals surface area (Å²) in [7, 11) is 0. The minimum atomic E-state index is -1.22. The molecule has 0 amide bonds. The summed E-state index contributed by atoms with van der Waals surface area (Å²) in [6.07, 6.45) is 0.930. The van der Waals surface area contributed by atoms with Crippen LogP contribution in [0.1, 0.15) is 31.1 Å². The molecule has 0 saturated carbocycles. The van der Waals surface area contributed by atoms with Crippen LogP contribution in [0.2, 0.25) is 0 Å². The number of carbonyl (C=O) groups excluding carboxylic acids is 2. The fraction of sp³-hybridized carbons (Fsp3) is 0. The SMILES string of the molecule is O=Cc1cc2c(ccc3ccccc32)c(C(=O)O)c1C=O. The van der Waals surface area contributed by atoms with Gasteiger partial charge in [0.1, 0.15) is 0 Å². The number of hydrogen-bond acceptors (Lipinski definition) is 3. The van der Waals surface area contributed by atoms with Crippen molar-refractivity contribution in [3.63, 3.8) is 0 Å². The largest absolute Gasteiger partial charge is 0.478 e. The van der Waals surface area contributed by atoms with E-state index in [0.29, 0.717) is 23.3 Å². The van der Waals surface area contributed by atoms with Crippen molar-refractivity contribution in [3.05, 3.63) is 59.2 Å². The molecule has 3 aromatic rings. The molecule has 21 heavy (non-hydrogen) atoms. The molecule has 102 valence electrons. The molecular formula is C17H10O4. The average Bonchev–Trinajstić information content (AvgIpc) is 2.52. The van der Waals surface area contributed by atoms with E-state index in [1.165, 1.54) is 0 Å². The van der Waals surface area contributed by atoms with Crippen LogP contribution >= 0.6 is 0 Å². The molecule has 0 spiro atoms. The molecule has 0 aliphatic carbocycles. The van der Waals surface area contributed by atoms with Crippen molar-refractivity contribution in [1.82, 2.24) is 0 Å². The molecule has 0 fully saturated rings. The third-order valence-electron chi connectivity index (χ3n) is 3.58. The molecule has 0 bridgehead atoms. The fourth-order valence-electron chi connectivity index (χ4n) is 2.65. The first-order valence-corrected chi connectivity index (χ1v) is 6.29. The molecule has 0 heterocycles. The molecule has 0 atom stereocenters. The highest BCUT2D eigenvalue weighted by atomic mass is 16.4. The van der Waals surface area contributed by atoms with Crippen LogP contribution in [0, 0.1) is 0 Å². The van der Waals surface area contributed by atoms with Crippen molar-refractivity contribution in [2.45, 2.75) is 0 Å². The third-order valence-corrected chi connectivity index (χ3v) is 3.58. The highest BCUT2D eigenvalue weighted by molar-refractivity contribution is 6.19. The number of aromatic carboxylic acids is 1. The van der Waals surface area contributed by atoms with E-state index < -0.39 is 5.97 Å². The maximum absolute atomic E-state index is 11.5. The van der Waals surface area contributed by atoms with Gasteiger partial charge in [-0.3, -0.25) is 9.59 Å². The summed E-state index contributed by atoms with van der Waals surface area (Å²) in [5.74, 6) is -1.22. The smallest absolute Gasteiger partial charge is 0.337 e. The normalized spacial score (nSPS) is 10.7. The average molecular weight is 278 g/mol. The van der Waals surface area contributed by atoms with E-state index in [4.69, 9.17) is 0 Å². The van der Waals surface area contributed by atoms with E-state index in [1.807, 2.05) is 24.3 Å². The molecular weight excluding hydrogens is 268 g/mol. The van der Waals surface area contributed by atoms with Gasteiger partial charge in [-0.1, -0.05) is 36.4 Å². The van der Waals surface area contributed by atoms with E-state index in [-0.39, 0.29) is 16.7 Å². The van der Waals surface area contributed by atoms with Gasteiger partial charge in [0.15, 0.2) is 12.6 Å². The zero-order chi connectivity index (χ0) is 15.0. The number of carboxylic acids is 1. The van der Waals surface area contributed by atoms with Gasteiger partial charge in [-0.25, -0.2) is 4.79 Å². The predicted octanol–water partition coefficient (Wildman–Crippen LogP) is 3.32. The van der Waals surface area contributed by atoms with Crippen LogP contribution in [-0.2, 0) is 0 Å². The first kappa shape index (κ1) is 13.0. The van der Waals surface area contributed by atoms with Gasteiger partial charge in [-0.15, -0.1) is 0 Å². The molecule has 0 unspecified atom stereocenters. The van der Waals surface area contributed by atoms with Crippen LogP contribution in [0.15, 0.2) is 42.5 Å². The van der Waals surface area contributed by atoms with Gasteiger partial charge < -0.3 is 5.11 Å². The van der Waals surface area contributed by atoms with Gasteiger partial charge in [0.25, 0.3) is 0 Å². The van der Waals surface area contributed by atoms with Crippen LogP contribution in [-0.4, -0.2) is 23.6 Å². The van der Waals surface area contributed by atoms with Crippen molar-refractivity contribution in [1.29, 1.82) is 0 Å². The van der Waals surface area contributed by atoms with Crippen LogP contribution in [0.3, 0.4) is 0 Å². The zero-order valence-electron chi connectivity index (χ0n) is 10.9. The second-order valence-electron chi connectivity index (χ2n) is 4.68. The second kappa shape index (κ2) is 4.83. The quantitative estimate of drug-likeness (QED) is 0.589. The number of aldehydes is 2. The lowest BCUT2D eigenvalue weighted by molar-refractivity contribution is 0.0696. The Hall–Kier alpha value is -3.01. The molecule has 0 aliphatic rings. The monoisotopic (exact) mass is 278 g/mol. The number of benzene rings is 3. The topological polar surface area (TPSA) is 71.4 Å². The maximum atomic E-state index is 11.5. The molecule has 0 aliphatic heterocycles. The maximum Gasteiger partial charge on any atom is 0.337 e. The summed E-state index contributed by atoms with van der Waals surface area (Å²) in [5, 5.41) is 12.3. The number of carbonyl (C=O) groups is 3. The molecule has 1 N–H and O–H groups in total. The molecule has 3 aromatic carbocycles. The summed E-state index contributed by atoms with van der Waals surface area (Å²) in [6, 6.07) is 12.5. The standard InChI is InChI=1S/C17H10O4/c18-8-11-7-14-12-4-2-1-3-10(12)5-6-13(14)16(17(20)21)15(11)9-19/h1-9H,(H,20,21). The van der Waals surface area contributed by atoms with E-state index >= 15 is 0 Å².